The van der Waals surface area contributed by atoms with Gasteiger partial charge in [0, 0.05) is 50.0 Å². The van der Waals surface area contributed by atoms with Gasteiger partial charge in [0.1, 0.15) is 12.4 Å². The highest BCUT2D eigenvalue weighted by Gasteiger charge is 2.41. The summed E-state index contributed by atoms with van der Waals surface area (Å²) in [6.45, 7) is 2.68. The first-order chi connectivity index (χ1) is 16.4. The molecule has 4 rings (SSSR count). The lowest BCUT2D eigenvalue weighted by atomic mass is 9.93. The SMILES string of the molecule is CNC(=O)Cn1ccc(/C=C2/CN(C(C(=O)C3CC3)c3ccccc3F)CCC2SC(C)=O)n1.Cl. The molecule has 2 unspecified atom stereocenters. The molecule has 2 aliphatic rings. The first-order valence-corrected chi connectivity index (χ1v) is 12.4. The van der Waals surface area contributed by atoms with Crippen LogP contribution >= 0.6 is 24.2 Å². The van der Waals surface area contributed by atoms with E-state index in [1.165, 1.54) is 17.8 Å². The van der Waals surface area contributed by atoms with Gasteiger partial charge in [-0.2, -0.15) is 5.10 Å². The fourth-order valence-corrected chi connectivity index (χ4v) is 5.27. The van der Waals surface area contributed by atoms with E-state index in [1.54, 1.807) is 43.0 Å². The van der Waals surface area contributed by atoms with Crippen molar-refractivity contribution in [3.63, 3.8) is 0 Å². The molecule has 2 aromatic rings. The van der Waals surface area contributed by atoms with E-state index in [-0.39, 0.29) is 52.7 Å². The molecular weight excluding hydrogens is 491 g/mol. The summed E-state index contributed by atoms with van der Waals surface area (Å²) in [7, 11) is 1.57. The normalized spacial score (nSPS) is 20.2. The van der Waals surface area contributed by atoms with Crippen molar-refractivity contribution in [1.82, 2.24) is 20.0 Å². The van der Waals surface area contributed by atoms with Gasteiger partial charge in [0.05, 0.1) is 11.7 Å². The molecule has 0 spiro atoms. The van der Waals surface area contributed by atoms with Gasteiger partial charge in [-0.05, 0) is 43.0 Å². The highest BCUT2D eigenvalue weighted by Crippen LogP contribution is 2.40. The van der Waals surface area contributed by atoms with Gasteiger partial charge in [-0.3, -0.25) is 24.0 Å². The molecule has 1 aliphatic heterocycles. The minimum Gasteiger partial charge on any atom is -0.358 e. The number of benzene rings is 1. The molecule has 1 aromatic carbocycles. The van der Waals surface area contributed by atoms with E-state index >= 15 is 0 Å². The Balaban J connectivity index is 0.00000342. The average Bonchev–Trinajstić information content (AvgIpc) is 3.57. The van der Waals surface area contributed by atoms with Gasteiger partial charge in [0.25, 0.3) is 0 Å². The van der Waals surface area contributed by atoms with E-state index in [4.69, 9.17) is 0 Å². The van der Waals surface area contributed by atoms with Crippen LogP contribution in [0.5, 0.6) is 0 Å². The zero-order chi connectivity index (χ0) is 24.2. The van der Waals surface area contributed by atoms with E-state index in [9.17, 15) is 18.8 Å². The smallest absolute Gasteiger partial charge is 0.241 e. The number of piperidine rings is 1. The van der Waals surface area contributed by atoms with Crippen molar-refractivity contribution in [1.29, 1.82) is 0 Å². The van der Waals surface area contributed by atoms with Gasteiger partial charge in [0.15, 0.2) is 10.9 Å². The number of likely N-dealkylation sites (N-methyl/N-ethyl adjacent to an activating group) is 1. The molecule has 1 saturated heterocycles. The first kappa shape index (κ1) is 27.1. The van der Waals surface area contributed by atoms with Crippen LogP contribution in [0.1, 0.15) is 43.5 Å². The maximum absolute atomic E-state index is 14.8. The Labute approximate surface area is 214 Å². The average molecular weight is 521 g/mol. The van der Waals surface area contributed by atoms with Crippen LogP contribution in [0, 0.1) is 11.7 Å². The van der Waals surface area contributed by atoms with E-state index < -0.39 is 6.04 Å². The zero-order valence-electron chi connectivity index (χ0n) is 19.8. The lowest BCUT2D eigenvalue weighted by molar-refractivity contribution is -0.126. The number of halogens is 2. The number of ketones is 1. The quantitative estimate of drug-likeness (QED) is 0.572. The molecule has 1 amide bonds. The third kappa shape index (κ3) is 6.80. The summed E-state index contributed by atoms with van der Waals surface area (Å²) in [5.74, 6) is -0.471. The topological polar surface area (TPSA) is 84.3 Å². The number of likely N-dealkylation sites (tertiary alicyclic amines) is 1. The fourth-order valence-electron chi connectivity index (χ4n) is 4.35. The Morgan fingerprint density at radius 2 is 1.97 bits per heavy atom. The van der Waals surface area contributed by atoms with Crippen LogP contribution in [0.25, 0.3) is 6.08 Å². The van der Waals surface area contributed by atoms with Gasteiger partial charge in [-0.15, -0.1) is 12.4 Å². The minimum absolute atomic E-state index is 0. The molecule has 7 nitrogen and oxygen atoms in total. The van der Waals surface area contributed by atoms with Gasteiger partial charge in [-0.25, -0.2) is 4.39 Å². The summed E-state index contributed by atoms with van der Waals surface area (Å²) >= 11 is 1.27. The molecule has 1 saturated carbocycles. The molecule has 10 heteroatoms. The molecule has 35 heavy (non-hydrogen) atoms. The lowest BCUT2D eigenvalue weighted by Gasteiger charge is -2.38. The largest absolute Gasteiger partial charge is 0.358 e. The molecule has 2 heterocycles. The van der Waals surface area contributed by atoms with Crippen molar-refractivity contribution in [2.45, 2.75) is 44.0 Å². The molecule has 2 atom stereocenters. The Morgan fingerprint density at radius 1 is 1.23 bits per heavy atom. The van der Waals surface area contributed by atoms with Gasteiger partial charge >= 0.3 is 0 Å². The summed E-state index contributed by atoms with van der Waals surface area (Å²) in [6.07, 6.45) is 6.02. The predicted molar refractivity (Wildman–Crippen MR) is 137 cm³/mol. The number of carbonyl (C=O) groups is 3. The third-order valence-electron chi connectivity index (χ3n) is 6.18. The van der Waals surface area contributed by atoms with Crippen molar-refractivity contribution in [2.24, 2.45) is 5.92 Å². The number of aromatic nitrogens is 2. The number of nitrogens with one attached hydrogen (secondary N) is 1. The second-order valence-corrected chi connectivity index (χ2v) is 10.2. The fraction of sp³-hybridized carbons (Fsp3) is 0.440. The van der Waals surface area contributed by atoms with Crippen LogP contribution in [0.3, 0.4) is 0 Å². The van der Waals surface area contributed by atoms with Crippen LogP contribution in [0.15, 0.2) is 42.1 Å². The van der Waals surface area contributed by atoms with Crippen LogP contribution in [-0.2, 0) is 20.9 Å². The molecule has 1 N–H and O–H groups in total. The maximum atomic E-state index is 14.8. The number of carbonyl (C=O) groups excluding carboxylic acids is 3. The number of hydrogen-bond donors (Lipinski definition) is 1. The lowest BCUT2D eigenvalue weighted by Crippen LogP contribution is -2.43. The van der Waals surface area contributed by atoms with Crippen molar-refractivity contribution in [3.8, 4) is 0 Å². The van der Waals surface area contributed by atoms with Gasteiger partial charge in [0.2, 0.25) is 5.91 Å². The van der Waals surface area contributed by atoms with Crippen molar-refractivity contribution >= 4 is 47.1 Å². The number of nitrogens with zero attached hydrogens (tertiary/aromatic N) is 3. The number of rotatable bonds is 8. The summed E-state index contributed by atoms with van der Waals surface area (Å²) < 4.78 is 16.3. The standard InChI is InChI=1S/C25H29FN4O3S.ClH/c1-16(31)34-22-10-11-29(14-18(22)13-19-9-12-30(28-19)15-23(32)27-2)24(25(33)17-7-8-17)20-5-3-4-6-21(20)26;/h3-6,9,12-13,17,22,24H,7-8,10-11,14-15H2,1-2H3,(H,27,32);1H/b18-13-;. The summed E-state index contributed by atoms with van der Waals surface area (Å²) in [6, 6.07) is 7.66. The molecule has 0 radical (unpaired) electrons. The molecule has 1 aliphatic carbocycles. The van der Waals surface area contributed by atoms with Crippen molar-refractivity contribution < 1.29 is 18.8 Å². The van der Waals surface area contributed by atoms with Crippen LogP contribution < -0.4 is 5.32 Å². The first-order valence-electron chi connectivity index (χ1n) is 11.5. The highest BCUT2D eigenvalue weighted by molar-refractivity contribution is 8.14. The van der Waals surface area contributed by atoms with E-state index in [0.717, 1.165) is 18.4 Å². The number of Topliss-reactive ketones (excluding diaryl/α,β-unsaturated/α-hetero) is 1. The van der Waals surface area contributed by atoms with Crippen LogP contribution in [0.4, 0.5) is 4.39 Å². The summed E-state index contributed by atoms with van der Waals surface area (Å²) in [5, 5.41) is 7.01. The predicted octanol–water partition coefficient (Wildman–Crippen LogP) is 3.65. The van der Waals surface area contributed by atoms with E-state index in [2.05, 4.69) is 10.4 Å². The number of hydrogen-bond acceptors (Lipinski definition) is 6. The summed E-state index contributed by atoms with van der Waals surface area (Å²) in [4.78, 5) is 38.9. The second-order valence-electron chi connectivity index (χ2n) is 8.79. The Kier molecular flexibility index (Phi) is 9.27. The Morgan fingerprint density at radius 3 is 2.63 bits per heavy atom. The number of amides is 1. The number of thioether (sulfide) groups is 1. The summed E-state index contributed by atoms with van der Waals surface area (Å²) in [5.41, 5.74) is 2.04. The zero-order valence-corrected chi connectivity index (χ0v) is 21.4. The minimum atomic E-state index is -0.647. The monoisotopic (exact) mass is 520 g/mol. The molecule has 188 valence electrons. The molecular formula is C25H30ClFN4O3S. The Bertz CT molecular complexity index is 1120. The van der Waals surface area contributed by atoms with Gasteiger partial charge < -0.3 is 5.32 Å². The highest BCUT2D eigenvalue weighted by atomic mass is 35.5. The molecule has 1 aromatic heterocycles. The van der Waals surface area contributed by atoms with Gasteiger partial charge in [-0.1, -0.05) is 30.0 Å². The molecule has 0 bridgehead atoms. The third-order valence-corrected chi connectivity index (χ3v) is 7.33. The van der Waals surface area contributed by atoms with Crippen LogP contribution in [0.2, 0.25) is 0 Å². The van der Waals surface area contributed by atoms with Crippen molar-refractivity contribution in [3.05, 3.63) is 59.2 Å². The Hall–Kier alpha value is -2.49. The van der Waals surface area contributed by atoms with E-state index in [0.29, 0.717) is 30.8 Å². The second kappa shape index (κ2) is 12.0. The molecule has 2 fully saturated rings. The van der Waals surface area contributed by atoms with Crippen LogP contribution in [-0.4, -0.2) is 56.9 Å². The van der Waals surface area contributed by atoms with E-state index in [1.807, 2.05) is 17.0 Å². The maximum Gasteiger partial charge on any atom is 0.241 e. The van der Waals surface area contributed by atoms with Crippen molar-refractivity contribution in [2.75, 3.05) is 20.1 Å².